The van der Waals surface area contributed by atoms with Crippen LogP contribution in [0.2, 0.25) is 0 Å². The minimum absolute atomic E-state index is 0.0290. The third-order valence-electron chi connectivity index (χ3n) is 5.96. The molecule has 208 valence electrons. The van der Waals surface area contributed by atoms with E-state index in [-0.39, 0.29) is 36.3 Å². The van der Waals surface area contributed by atoms with Crippen LogP contribution in [0, 0.1) is 5.82 Å². The van der Waals surface area contributed by atoms with Crippen molar-refractivity contribution in [2.75, 3.05) is 26.1 Å². The Morgan fingerprint density at radius 2 is 1.77 bits per heavy atom. The maximum Gasteiger partial charge on any atom is 0.338 e. The molecule has 1 saturated heterocycles. The van der Waals surface area contributed by atoms with Crippen LogP contribution in [0.5, 0.6) is 11.5 Å². The molecule has 0 bridgehead atoms. The second-order valence-electron chi connectivity index (χ2n) is 8.61. The van der Waals surface area contributed by atoms with Gasteiger partial charge in [-0.05, 0) is 61.0 Å². The summed E-state index contributed by atoms with van der Waals surface area (Å²) in [7, 11) is 3.06. The first kappa shape index (κ1) is 28.6. The van der Waals surface area contributed by atoms with Crippen molar-refractivity contribution in [3.8, 4) is 11.5 Å². The van der Waals surface area contributed by atoms with Crippen LogP contribution in [0.25, 0.3) is 0 Å². The van der Waals surface area contributed by atoms with Crippen molar-refractivity contribution in [3.63, 3.8) is 0 Å². The Morgan fingerprint density at radius 1 is 1.05 bits per heavy atom. The quantitative estimate of drug-likeness (QED) is 0.356. The molecule has 1 atom stereocenters. The highest BCUT2D eigenvalue weighted by molar-refractivity contribution is 8.15. The number of ether oxygens (including phenoxy) is 3. The number of halogens is 1. The second kappa shape index (κ2) is 13.1. The molecular weight excluding hydrogens is 537 g/mol. The lowest BCUT2D eigenvalue weighted by molar-refractivity contribution is -0.129. The molecule has 0 aromatic heterocycles. The molecule has 40 heavy (non-hydrogen) atoms. The molecule has 1 aliphatic rings. The monoisotopic (exact) mass is 565 g/mol. The van der Waals surface area contributed by atoms with E-state index in [2.05, 4.69) is 10.3 Å². The smallest absolute Gasteiger partial charge is 0.338 e. The molecule has 1 fully saturated rings. The summed E-state index contributed by atoms with van der Waals surface area (Å²) >= 11 is 1.10. The first-order valence-electron chi connectivity index (χ1n) is 12.4. The third-order valence-corrected chi connectivity index (χ3v) is 7.14. The molecule has 11 heteroatoms. The van der Waals surface area contributed by atoms with Crippen LogP contribution >= 0.6 is 11.8 Å². The van der Waals surface area contributed by atoms with E-state index in [0.717, 1.165) is 17.3 Å². The lowest BCUT2D eigenvalue weighted by Crippen LogP contribution is -2.44. The fourth-order valence-electron chi connectivity index (χ4n) is 3.93. The maximum atomic E-state index is 14.1. The highest BCUT2D eigenvalue weighted by atomic mass is 32.2. The topological polar surface area (TPSA) is 107 Å². The van der Waals surface area contributed by atoms with Crippen LogP contribution in [-0.2, 0) is 20.9 Å². The Labute approximate surface area is 235 Å². The minimum Gasteiger partial charge on any atom is -0.493 e. The van der Waals surface area contributed by atoms with E-state index in [9.17, 15) is 18.8 Å². The molecule has 1 aliphatic heterocycles. The summed E-state index contributed by atoms with van der Waals surface area (Å²) < 4.78 is 29.9. The molecule has 1 heterocycles. The van der Waals surface area contributed by atoms with Gasteiger partial charge in [-0.25, -0.2) is 14.2 Å². The van der Waals surface area contributed by atoms with Crippen LogP contribution in [0.4, 0.5) is 15.8 Å². The van der Waals surface area contributed by atoms with E-state index in [0.29, 0.717) is 22.7 Å². The van der Waals surface area contributed by atoms with Gasteiger partial charge in [0.1, 0.15) is 11.1 Å². The standard InChI is InChI=1S/C29H28FN3O6S/c1-4-39-28(36)19-10-12-20(13-11-19)31-29-33(17-18-9-14-23(37-2)24(15-18)38-3)26(34)16-25(40-29)27(35)32-22-8-6-5-7-21(22)30/h5-15,25H,4,16-17H2,1-3H3,(H,32,35). The number of amides is 2. The van der Waals surface area contributed by atoms with E-state index in [1.165, 1.54) is 37.3 Å². The van der Waals surface area contributed by atoms with Crippen molar-refractivity contribution < 1.29 is 33.0 Å². The number of benzene rings is 3. The Kier molecular flexibility index (Phi) is 9.39. The average Bonchev–Trinajstić information content (AvgIpc) is 2.96. The van der Waals surface area contributed by atoms with E-state index in [1.807, 2.05) is 6.07 Å². The van der Waals surface area contributed by atoms with Crippen molar-refractivity contribution in [1.29, 1.82) is 0 Å². The number of aliphatic imine (C=N–C) groups is 1. The Balaban J connectivity index is 1.63. The molecule has 1 N–H and O–H groups in total. The fourth-order valence-corrected chi connectivity index (χ4v) is 5.03. The lowest BCUT2D eigenvalue weighted by Gasteiger charge is -2.32. The van der Waals surface area contributed by atoms with Crippen LogP contribution in [0.3, 0.4) is 0 Å². The number of nitrogens with zero attached hydrogens (tertiary/aromatic N) is 2. The summed E-state index contributed by atoms with van der Waals surface area (Å²) in [5.74, 6) is -0.820. The summed E-state index contributed by atoms with van der Waals surface area (Å²) in [5.41, 5.74) is 1.62. The number of anilines is 1. The van der Waals surface area contributed by atoms with Gasteiger partial charge in [0.15, 0.2) is 16.7 Å². The maximum absolute atomic E-state index is 14.1. The normalized spacial score (nSPS) is 16.0. The summed E-state index contributed by atoms with van der Waals surface area (Å²) in [4.78, 5) is 44.6. The van der Waals surface area contributed by atoms with Crippen LogP contribution in [-0.4, -0.2) is 53.9 Å². The number of carbonyl (C=O) groups excluding carboxylic acids is 3. The second-order valence-corrected chi connectivity index (χ2v) is 9.78. The van der Waals surface area contributed by atoms with Crippen molar-refractivity contribution in [3.05, 3.63) is 83.7 Å². The number of rotatable bonds is 9. The van der Waals surface area contributed by atoms with Gasteiger partial charge in [-0.1, -0.05) is 30.0 Å². The largest absolute Gasteiger partial charge is 0.493 e. The van der Waals surface area contributed by atoms with E-state index in [1.54, 1.807) is 49.4 Å². The number of hydrogen-bond acceptors (Lipinski definition) is 8. The molecule has 3 aromatic carbocycles. The first-order valence-corrected chi connectivity index (χ1v) is 13.3. The van der Waals surface area contributed by atoms with Gasteiger partial charge >= 0.3 is 5.97 Å². The number of amidine groups is 1. The molecule has 4 rings (SSSR count). The van der Waals surface area contributed by atoms with Crippen LogP contribution in [0.15, 0.2) is 71.7 Å². The van der Waals surface area contributed by atoms with Gasteiger partial charge in [-0.2, -0.15) is 0 Å². The molecule has 1 unspecified atom stereocenters. The lowest BCUT2D eigenvalue weighted by atomic mass is 10.1. The van der Waals surface area contributed by atoms with Gasteiger partial charge in [-0.15, -0.1) is 0 Å². The summed E-state index contributed by atoms with van der Waals surface area (Å²) in [6.45, 7) is 2.14. The first-order chi connectivity index (χ1) is 19.3. The van der Waals surface area contributed by atoms with Gasteiger partial charge in [0.05, 0.1) is 44.3 Å². The predicted molar refractivity (Wildman–Crippen MR) is 151 cm³/mol. The Morgan fingerprint density at radius 3 is 2.45 bits per heavy atom. The van der Waals surface area contributed by atoms with E-state index >= 15 is 0 Å². The molecule has 0 aliphatic carbocycles. The number of nitrogens with one attached hydrogen (secondary N) is 1. The van der Waals surface area contributed by atoms with Crippen molar-refractivity contribution in [2.24, 2.45) is 4.99 Å². The molecule has 2 amide bonds. The minimum atomic E-state index is -0.841. The number of methoxy groups -OCH3 is 2. The zero-order valence-electron chi connectivity index (χ0n) is 22.2. The summed E-state index contributed by atoms with van der Waals surface area (Å²) in [6, 6.07) is 17.5. The number of carbonyl (C=O) groups is 3. The van der Waals surface area contributed by atoms with Crippen LogP contribution in [0.1, 0.15) is 29.3 Å². The molecule has 0 saturated carbocycles. The number of esters is 1. The summed E-state index contributed by atoms with van der Waals surface area (Å²) in [6.07, 6.45) is -0.112. The predicted octanol–water partition coefficient (Wildman–Crippen LogP) is 5.18. The van der Waals surface area contributed by atoms with Gasteiger partial charge < -0.3 is 19.5 Å². The van der Waals surface area contributed by atoms with Gasteiger partial charge in [-0.3, -0.25) is 14.5 Å². The van der Waals surface area contributed by atoms with Crippen molar-refractivity contribution in [1.82, 2.24) is 4.90 Å². The number of para-hydroxylation sites is 1. The zero-order chi connectivity index (χ0) is 28.6. The molecule has 0 radical (unpaired) electrons. The van der Waals surface area contributed by atoms with E-state index in [4.69, 9.17) is 14.2 Å². The highest BCUT2D eigenvalue weighted by Crippen LogP contribution is 2.33. The molecule has 9 nitrogen and oxygen atoms in total. The SMILES string of the molecule is CCOC(=O)c1ccc(N=C2SC(C(=O)Nc3ccccc3F)CC(=O)N2Cc2ccc(OC)c(OC)c2)cc1. The van der Waals surface area contributed by atoms with Gasteiger partial charge in [0.2, 0.25) is 11.8 Å². The molecular formula is C29H28FN3O6S. The van der Waals surface area contributed by atoms with Crippen molar-refractivity contribution >= 4 is 46.1 Å². The highest BCUT2D eigenvalue weighted by Gasteiger charge is 2.36. The average molecular weight is 566 g/mol. The Bertz CT molecular complexity index is 1430. The molecule has 0 spiro atoms. The van der Waals surface area contributed by atoms with Gasteiger partial charge in [0, 0.05) is 6.42 Å². The third kappa shape index (κ3) is 6.78. The van der Waals surface area contributed by atoms with Crippen molar-refractivity contribution in [2.45, 2.75) is 25.1 Å². The number of thioether (sulfide) groups is 1. The number of hydrogen-bond donors (Lipinski definition) is 1. The van der Waals surface area contributed by atoms with Gasteiger partial charge in [0.25, 0.3) is 0 Å². The fraction of sp³-hybridized carbons (Fsp3) is 0.241. The van der Waals surface area contributed by atoms with Crippen LogP contribution < -0.4 is 14.8 Å². The summed E-state index contributed by atoms with van der Waals surface area (Å²) in [5, 5.41) is 2.01. The Hall–Kier alpha value is -4.38. The zero-order valence-corrected chi connectivity index (χ0v) is 23.0. The van der Waals surface area contributed by atoms with E-state index < -0.39 is 22.9 Å². The molecule has 3 aromatic rings.